The standard InChI is InChI=1S/C17H24N4O2/c1-13-14(6-8-23-13)10-20(2)16-9-17(19-12-18-16)21-7-4-3-5-15(21)11-22/h6,8-9,12,15,22H,3-5,7,10-11H2,1-2H3. The van der Waals surface area contributed by atoms with Gasteiger partial charge in [0, 0.05) is 31.8 Å². The summed E-state index contributed by atoms with van der Waals surface area (Å²) in [5.41, 5.74) is 1.15. The van der Waals surface area contributed by atoms with Gasteiger partial charge in [0.05, 0.1) is 18.9 Å². The van der Waals surface area contributed by atoms with Gasteiger partial charge in [0.25, 0.3) is 0 Å². The highest BCUT2D eigenvalue weighted by Gasteiger charge is 2.23. The topological polar surface area (TPSA) is 65.6 Å². The Morgan fingerprint density at radius 2 is 2.26 bits per heavy atom. The Morgan fingerprint density at radius 1 is 1.39 bits per heavy atom. The van der Waals surface area contributed by atoms with Crippen LogP contribution < -0.4 is 9.80 Å². The molecule has 2 aromatic rings. The number of hydrogen-bond acceptors (Lipinski definition) is 6. The number of aromatic nitrogens is 2. The molecule has 0 aliphatic carbocycles. The van der Waals surface area contributed by atoms with Gasteiger partial charge in [-0.05, 0) is 32.3 Å². The second-order valence-corrected chi connectivity index (χ2v) is 6.12. The van der Waals surface area contributed by atoms with Crippen LogP contribution in [0.3, 0.4) is 0 Å². The van der Waals surface area contributed by atoms with Crippen molar-refractivity contribution in [1.82, 2.24) is 9.97 Å². The summed E-state index contributed by atoms with van der Waals surface area (Å²) in [6.07, 6.45) is 6.63. The van der Waals surface area contributed by atoms with Gasteiger partial charge in [0.2, 0.25) is 0 Å². The van der Waals surface area contributed by atoms with Crippen molar-refractivity contribution in [3.63, 3.8) is 0 Å². The molecule has 0 saturated carbocycles. The molecule has 0 spiro atoms. The molecule has 0 radical (unpaired) electrons. The third-order valence-electron chi connectivity index (χ3n) is 4.54. The molecule has 2 aromatic heterocycles. The van der Waals surface area contributed by atoms with E-state index < -0.39 is 0 Å². The summed E-state index contributed by atoms with van der Waals surface area (Å²) in [6, 6.07) is 4.15. The molecule has 1 fully saturated rings. The van der Waals surface area contributed by atoms with Crippen LogP contribution in [0.15, 0.2) is 29.1 Å². The third kappa shape index (κ3) is 3.47. The number of nitrogens with zero attached hydrogens (tertiary/aromatic N) is 4. The number of furan rings is 1. The molecule has 1 saturated heterocycles. The first-order chi connectivity index (χ1) is 11.2. The average molecular weight is 316 g/mol. The van der Waals surface area contributed by atoms with Gasteiger partial charge in [0.1, 0.15) is 23.7 Å². The normalized spacial score (nSPS) is 18.2. The number of aliphatic hydroxyl groups excluding tert-OH is 1. The van der Waals surface area contributed by atoms with Crippen molar-refractivity contribution in [2.45, 2.75) is 38.8 Å². The van der Waals surface area contributed by atoms with Crippen LogP contribution in [0.5, 0.6) is 0 Å². The smallest absolute Gasteiger partial charge is 0.134 e. The number of anilines is 2. The lowest BCUT2D eigenvalue weighted by Gasteiger charge is -2.35. The van der Waals surface area contributed by atoms with Crippen molar-refractivity contribution in [3.05, 3.63) is 36.0 Å². The molecular formula is C17H24N4O2. The summed E-state index contributed by atoms with van der Waals surface area (Å²) in [5, 5.41) is 9.60. The molecule has 0 bridgehead atoms. The minimum atomic E-state index is 0.160. The summed E-state index contributed by atoms with van der Waals surface area (Å²) in [4.78, 5) is 13.1. The fraction of sp³-hybridized carbons (Fsp3) is 0.529. The molecule has 1 unspecified atom stereocenters. The molecule has 3 rings (SSSR count). The maximum absolute atomic E-state index is 9.60. The molecule has 0 amide bonds. The first kappa shape index (κ1) is 15.8. The first-order valence-corrected chi connectivity index (χ1v) is 8.12. The van der Waals surface area contributed by atoms with Crippen LogP contribution in [0.1, 0.15) is 30.6 Å². The highest BCUT2D eigenvalue weighted by molar-refractivity contribution is 5.51. The first-order valence-electron chi connectivity index (χ1n) is 8.12. The Morgan fingerprint density at radius 3 is 3.00 bits per heavy atom. The number of rotatable bonds is 5. The van der Waals surface area contributed by atoms with Crippen molar-refractivity contribution >= 4 is 11.6 Å². The molecule has 6 heteroatoms. The number of aliphatic hydroxyl groups is 1. The Kier molecular flexibility index (Phi) is 4.81. The van der Waals surface area contributed by atoms with Crippen LogP contribution in [-0.2, 0) is 6.54 Å². The molecule has 1 N–H and O–H groups in total. The highest BCUT2D eigenvalue weighted by atomic mass is 16.3. The minimum absolute atomic E-state index is 0.160. The zero-order chi connectivity index (χ0) is 16.2. The number of piperidine rings is 1. The largest absolute Gasteiger partial charge is 0.469 e. The minimum Gasteiger partial charge on any atom is -0.469 e. The van der Waals surface area contributed by atoms with Crippen molar-refractivity contribution in [2.75, 3.05) is 30.0 Å². The van der Waals surface area contributed by atoms with Gasteiger partial charge >= 0.3 is 0 Å². The van der Waals surface area contributed by atoms with Gasteiger partial charge in [-0.1, -0.05) is 0 Å². The summed E-state index contributed by atoms with van der Waals surface area (Å²) in [6.45, 7) is 3.81. The summed E-state index contributed by atoms with van der Waals surface area (Å²) < 4.78 is 5.35. The van der Waals surface area contributed by atoms with Crippen LogP contribution in [0.25, 0.3) is 0 Å². The van der Waals surface area contributed by atoms with E-state index in [-0.39, 0.29) is 12.6 Å². The average Bonchev–Trinajstić information content (AvgIpc) is 2.99. The van der Waals surface area contributed by atoms with Gasteiger partial charge in [-0.3, -0.25) is 0 Å². The monoisotopic (exact) mass is 316 g/mol. The second kappa shape index (κ2) is 7.00. The van der Waals surface area contributed by atoms with Crippen LogP contribution in [0.2, 0.25) is 0 Å². The summed E-state index contributed by atoms with van der Waals surface area (Å²) in [7, 11) is 2.01. The van der Waals surface area contributed by atoms with Crippen LogP contribution >= 0.6 is 0 Å². The fourth-order valence-electron chi connectivity index (χ4n) is 3.11. The van der Waals surface area contributed by atoms with Crippen molar-refractivity contribution in [1.29, 1.82) is 0 Å². The van der Waals surface area contributed by atoms with Crippen LogP contribution in [0, 0.1) is 6.92 Å². The lowest BCUT2D eigenvalue weighted by molar-refractivity contribution is 0.239. The lowest BCUT2D eigenvalue weighted by atomic mass is 10.0. The van der Waals surface area contributed by atoms with E-state index in [0.717, 1.165) is 48.9 Å². The van der Waals surface area contributed by atoms with E-state index in [1.54, 1.807) is 12.6 Å². The highest BCUT2D eigenvalue weighted by Crippen LogP contribution is 2.25. The van der Waals surface area contributed by atoms with Gasteiger partial charge in [-0.15, -0.1) is 0 Å². The molecule has 124 valence electrons. The molecule has 0 aromatic carbocycles. The van der Waals surface area contributed by atoms with E-state index in [9.17, 15) is 5.11 Å². The van der Waals surface area contributed by atoms with Crippen LogP contribution in [-0.4, -0.2) is 41.3 Å². The Bertz CT molecular complexity index is 643. The summed E-state index contributed by atoms with van der Waals surface area (Å²) >= 11 is 0. The molecule has 3 heterocycles. The number of hydrogen-bond donors (Lipinski definition) is 1. The maximum atomic E-state index is 9.60. The predicted octanol–water partition coefficient (Wildman–Crippen LogP) is 2.37. The lowest BCUT2D eigenvalue weighted by Crippen LogP contribution is -2.42. The Hall–Kier alpha value is -2.08. The molecule has 1 aliphatic heterocycles. The van der Waals surface area contributed by atoms with E-state index in [1.807, 2.05) is 26.1 Å². The number of aryl methyl sites for hydroxylation is 1. The summed E-state index contributed by atoms with van der Waals surface area (Å²) in [5.74, 6) is 2.70. The van der Waals surface area contributed by atoms with Gasteiger partial charge in [-0.25, -0.2) is 9.97 Å². The quantitative estimate of drug-likeness (QED) is 0.913. The van der Waals surface area contributed by atoms with E-state index in [1.165, 1.54) is 6.42 Å². The van der Waals surface area contributed by atoms with E-state index >= 15 is 0 Å². The second-order valence-electron chi connectivity index (χ2n) is 6.12. The molecule has 23 heavy (non-hydrogen) atoms. The predicted molar refractivity (Wildman–Crippen MR) is 89.7 cm³/mol. The maximum Gasteiger partial charge on any atom is 0.134 e. The van der Waals surface area contributed by atoms with Gasteiger partial charge in [-0.2, -0.15) is 0 Å². The molecule has 1 atom stereocenters. The molecular weight excluding hydrogens is 292 g/mol. The zero-order valence-electron chi connectivity index (χ0n) is 13.8. The fourth-order valence-corrected chi connectivity index (χ4v) is 3.11. The van der Waals surface area contributed by atoms with Crippen molar-refractivity contribution in [3.8, 4) is 0 Å². The van der Waals surface area contributed by atoms with E-state index in [4.69, 9.17) is 4.42 Å². The van der Waals surface area contributed by atoms with Gasteiger partial charge in [0.15, 0.2) is 0 Å². The van der Waals surface area contributed by atoms with Crippen molar-refractivity contribution < 1.29 is 9.52 Å². The SMILES string of the molecule is Cc1occc1CN(C)c1cc(N2CCCCC2CO)ncn1. The molecule has 6 nitrogen and oxygen atoms in total. The van der Waals surface area contributed by atoms with Crippen LogP contribution in [0.4, 0.5) is 11.6 Å². The van der Waals surface area contributed by atoms with Crippen molar-refractivity contribution in [2.24, 2.45) is 0 Å². The Balaban J connectivity index is 1.77. The van der Waals surface area contributed by atoms with Gasteiger partial charge < -0.3 is 19.3 Å². The zero-order valence-corrected chi connectivity index (χ0v) is 13.8. The van der Waals surface area contributed by atoms with E-state index in [0.29, 0.717) is 0 Å². The molecule has 1 aliphatic rings. The Labute approximate surface area is 136 Å². The third-order valence-corrected chi connectivity index (χ3v) is 4.54. The van der Waals surface area contributed by atoms with E-state index in [2.05, 4.69) is 19.8 Å².